The van der Waals surface area contributed by atoms with Crippen LogP contribution < -0.4 is 9.47 Å². The molecular formula is C23H34O4Si. The topological polar surface area (TPSA) is 47.9 Å². The van der Waals surface area contributed by atoms with Gasteiger partial charge in [-0.1, -0.05) is 63.2 Å². The summed E-state index contributed by atoms with van der Waals surface area (Å²) in [6, 6.07) is 15.7. The van der Waals surface area contributed by atoms with Gasteiger partial charge in [-0.2, -0.15) is 0 Å². The fourth-order valence-electron chi connectivity index (χ4n) is 2.72. The number of aliphatic hydroxyl groups excluding tert-OH is 1. The Bertz CT molecular complexity index is 751. The molecule has 4 nitrogen and oxygen atoms in total. The minimum atomic E-state index is -2.11. The highest BCUT2D eigenvalue weighted by molar-refractivity contribution is 6.74. The summed E-state index contributed by atoms with van der Waals surface area (Å²) in [5.41, 5.74) is 1.88. The molecule has 0 bridgehead atoms. The maximum Gasteiger partial charge on any atom is 0.193 e. The lowest BCUT2D eigenvalue weighted by atomic mass is 10.0. The summed E-state index contributed by atoms with van der Waals surface area (Å²) in [6.45, 7) is 13.1. The van der Waals surface area contributed by atoms with Gasteiger partial charge >= 0.3 is 0 Å². The molecule has 2 atom stereocenters. The van der Waals surface area contributed by atoms with Crippen LogP contribution >= 0.6 is 0 Å². The van der Waals surface area contributed by atoms with Crippen molar-refractivity contribution in [3.8, 4) is 11.5 Å². The molecule has 154 valence electrons. The van der Waals surface area contributed by atoms with Crippen LogP contribution in [0.5, 0.6) is 11.5 Å². The van der Waals surface area contributed by atoms with Gasteiger partial charge in [-0.15, -0.1) is 0 Å². The SMILES string of the molecule is COc1cccc(C(O[Si](C)(C)C(C)(C)C)C(C)O)c1OCc1ccccc1. The van der Waals surface area contributed by atoms with Gasteiger partial charge in [0.1, 0.15) is 6.61 Å². The number of ether oxygens (including phenoxy) is 2. The minimum Gasteiger partial charge on any atom is -0.493 e. The Balaban J connectivity index is 2.40. The van der Waals surface area contributed by atoms with Crippen LogP contribution in [-0.2, 0) is 11.0 Å². The number of methoxy groups -OCH3 is 1. The van der Waals surface area contributed by atoms with Gasteiger partial charge in [0.05, 0.1) is 19.3 Å². The van der Waals surface area contributed by atoms with E-state index in [2.05, 4.69) is 33.9 Å². The predicted octanol–water partition coefficient (Wildman–Crippen LogP) is 5.72. The van der Waals surface area contributed by atoms with Crippen LogP contribution in [0.4, 0.5) is 0 Å². The van der Waals surface area contributed by atoms with E-state index in [1.165, 1.54) is 0 Å². The second-order valence-electron chi connectivity index (χ2n) is 8.69. The fraction of sp³-hybridized carbons (Fsp3) is 0.478. The Hall–Kier alpha value is -1.82. The molecule has 2 aromatic carbocycles. The van der Waals surface area contributed by atoms with E-state index in [-0.39, 0.29) is 5.04 Å². The van der Waals surface area contributed by atoms with Crippen molar-refractivity contribution in [2.24, 2.45) is 0 Å². The number of rotatable bonds is 8. The standard InChI is InChI=1S/C23H34O4Si/c1-17(24)21(27-28(6,7)23(2,3)4)19-14-11-15-20(25-5)22(19)26-16-18-12-9-8-10-13-18/h8-15,17,21,24H,16H2,1-7H3. The molecule has 2 rings (SSSR count). The van der Waals surface area contributed by atoms with Gasteiger partial charge in [-0.05, 0) is 36.7 Å². The second kappa shape index (κ2) is 9.12. The quantitative estimate of drug-likeness (QED) is 0.574. The van der Waals surface area contributed by atoms with Crippen molar-refractivity contribution < 1.29 is 19.0 Å². The largest absolute Gasteiger partial charge is 0.493 e. The molecule has 1 N–H and O–H groups in total. The molecule has 0 aliphatic heterocycles. The molecule has 0 spiro atoms. The Kier molecular flexibility index (Phi) is 7.32. The molecule has 2 aromatic rings. The Morgan fingerprint density at radius 3 is 2.18 bits per heavy atom. The molecule has 0 saturated heterocycles. The Morgan fingerprint density at radius 1 is 1.00 bits per heavy atom. The van der Waals surface area contributed by atoms with Gasteiger partial charge in [0.25, 0.3) is 0 Å². The van der Waals surface area contributed by atoms with Crippen molar-refractivity contribution in [3.63, 3.8) is 0 Å². The first-order valence-electron chi connectivity index (χ1n) is 9.76. The number of hydrogen-bond donors (Lipinski definition) is 1. The van der Waals surface area contributed by atoms with Crippen LogP contribution in [0.25, 0.3) is 0 Å². The van der Waals surface area contributed by atoms with Gasteiger partial charge < -0.3 is 19.0 Å². The average molecular weight is 403 g/mol. The van der Waals surface area contributed by atoms with Crippen molar-refractivity contribution >= 4 is 8.32 Å². The van der Waals surface area contributed by atoms with E-state index in [9.17, 15) is 5.11 Å². The molecule has 0 aliphatic carbocycles. The van der Waals surface area contributed by atoms with Crippen LogP contribution in [0, 0.1) is 0 Å². The molecule has 0 aromatic heterocycles. The summed E-state index contributed by atoms with van der Waals surface area (Å²) in [6.07, 6.45) is -1.16. The maximum absolute atomic E-state index is 10.6. The zero-order chi connectivity index (χ0) is 20.9. The van der Waals surface area contributed by atoms with Crippen LogP contribution in [-0.4, -0.2) is 26.6 Å². The zero-order valence-electron chi connectivity index (χ0n) is 18.2. The molecule has 0 saturated carbocycles. The van der Waals surface area contributed by atoms with Crippen LogP contribution in [0.1, 0.15) is 44.9 Å². The van der Waals surface area contributed by atoms with Crippen molar-refractivity contribution in [3.05, 3.63) is 59.7 Å². The lowest BCUT2D eigenvalue weighted by Gasteiger charge is -2.40. The van der Waals surface area contributed by atoms with E-state index < -0.39 is 20.5 Å². The van der Waals surface area contributed by atoms with Gasteiger partial charge in [-0.25, -0.2) is 0 Å². The summed E-state index contributed by atoms with van der Waals surface area (Å²) in [7, 11) is -0.482. The second-order valence-corrected chi connectivity index (χ2v) is 13.4. The first kappa shape index (κ1) is 22.5. The third kappa shape index (κ3) is 5.37. The van der Waals surface area contributed by atoms with E-state index in [4.69, 9.17) is 13.9 Å². The number of aliphatic hydroxyl groups is 1. The van der Waals surface area contributed by atoms with E-state index >= 15 is 0 Å². The summed E-state index contributed by atoms with van der Waals surface area (Å²) in [4.78, 5) is 0. The Morgan fingerprint density at radius 2 is 1.64 bits per heavy atom. The predicted molar refractivity (Wildman–Crippen MR) is 116 cm³/mol. The fourth-order valence-corrected chi connectivity index (χ4v) is 4.03. The van der Waals surface area contributed by atoms with Gasteiger partial charge in [0.2, 0.25) is 0 Å². The Labute approximate surface area is 170 Å². The van der Waals surface area contributed by atoms with E-state index in [1.807, 2.05) is 48.5 Å². The van der Waals surface area contributed by atoms with E-state index in [0.717, 1.165) is 11.1 Å². The number of para-hydroxylation sites is 1. The molecule has 0 radical (unpaired) electrons. The van der Waals surface area contributed by atoms with Gasteiger partial charge in [0, 0.05) is 5.56 Å². The first-order chi connectivity index (χ1) is 13.1. The average Bonchev–Trinajstić information content (AvgIpc) is 2.64. The van der Waals surface area contributed by atoms with Gasteiger partial charge in [-0.3, -0.25) is 0 Å². The summed E-state index contributed by atoms with van der Waals surface area (Å²) in [5.74, 6) is 1.26. The zero-order valence-corrected chi connectivity index (χ0v) is 19.2. The molecule has 0 fully saturated rings. The lowest BCUT2D eigenvalue weighted by Crippen LogP contribution is -2.43. The monoisotopic (exact) mass is 402 g/mol. The molecular weight excluding hydrogens is 368 g/mol. The normalized spacial score (nSPS) is 14.4. The smallest absolute Gasteiger partial charge is 0.193 e. The van der Waals surface area contributed by atoms with Crippen molar-refractivity contribution in [2.75, 3.05) is 7.11 Å². The first-order valence-corrected chi connectivity index (χ1v) is 12.7. The lowest BCUT2D eigenvalue weighted by molar-refractivity contribution is 0.0363. The van der Waals surface area contributed by atoms with E-state index in [0.29, 0.717) is 18.1 Å². The number of hydrogen-bond acceptors (Lipinski definition) is 4. The highest BCUT2D eigenvalue weighted by atomic mass is 28.4. The third-order valence-electron chi connectivity index (χ3n) is 5.43. The van der Waals surface area contributed by atoms with Crippen LogP contribution in [0.15, 0.2) is 48.5 Å². The maximum atomic E-state index is 10.6. The minimum absolute atomic E-state index is 0.0318. The summed E-state index contributed by atoms with van der Waals surface area (Å²) in [5, 5.41) is 10.6. The molecule has 0 heterocycles. The van der Waals surface area contributed by atoms with Crippen molar-refractivity contribution in [1.29, 1.82) is 0 Å². The third-order valence-corrected chi connectivity index (χ3v) is 9.88. The highest BCUT2D eigenvalue weighted by Crippen LogP contribution is 2.44. The summed E-state index contributed by atoms with van der Waals surface area (Å²) < 4.78 is 18.3. The molecule has 5 heteroatoms. The van der Waals surface area contributed by atoms with Crippen molar-refractivity contribution in [1.82, 2.24) is 0 Å². The molecule has 0 amide bonds. The molecule has 2 unspecified atom stereocenters. The number of benzene rings is 2. The van der Waals surface area contributed by atoms with E-state index in [1.54, 1.807) is 14.0 Å². The van der Waals surface area contributed by atoms with Crippen molar-refractivity contribution in [2.45, 2.75) is 64.6 Å². The molecule has 28 heavy (non-hydrogen) atoms. The van der Waals surface area contributed by atoms with Crippen LogP contribution in [0.3, 0.4) is 0 Å². The van der Waals surface area contributed by atoms with Gasteiger partial charge in [0.15, 0.2) is 19.8 Å². The van der Waals surface area contributed by atoms with Crippen LogP contribution in [0.2, 0.25) is 18.1 Å². The highest BCUT2D eigenvalue weighted by Gasteiger charge is 2.41. The molecule has 0 aliphatic rings. The summed E-state index contributed by atoms with van der Waals surface area (Å²) >= 11 is 0.